The Morgan fingerprint density at radius 3 is 2.54 bits per heavy atom. The molecular weight excluding hydrogens is 352 g/mol. The minimum absolute atomic E-state index is 0.0230. The van der Waals surface area contributed by atoms with Crippen LogP contribution in [-0.4, -0.2) is 27.2 Å². The number of hydrogen-bond acceptors (Lipinski definition) is 3. The minimum Gasteiger partial charge on any atom is -0.348 e. The van der Waals surface area contributed by atoms with Crippen LogP contribution in [0.2, 0.25) is 5.02 Å². The van der Waals surface area contributed by atoms with E-state index in [1.807, 2.05) is 26.0 Å². The highest BCUT2D eigenvalue weighted by Gasteiger charge is 2.21. The Kier molecular flexibility index (Phi) is 5.23. The van der Waals surface area contributed by atoms with Gasteiger partial charge in [0.2, 0.25) is 5.82 Å². The Morgan fingerprint density at radius 1 is 1.12 bits per heavy atom. The van der Waals surface area contributed by atoms with Gasteiger partial charge in [-0.25, -0.2) is 4.98 Å². The predicted octanol–water partition coefficient (Wildman–Crippen LogP) is 3.06. The number of fused-ring (bicyclic) bond motifs is 1. The zero-order valence-electron chi connectivity index (χ0n) is 14.5. The molecule has 0 radical (unpaired) electrons. The molecular formula is C19H19ClN4O2. The average molecular weight is 371 g/mol. The molecule has 0 fully saturated rings. The average Bonchev–Trinajstić information content (AvgIpc) is 3.00. The number of pyridine rings is 1. The Bertz CT molecular complexity index is 948. The fourth-order valence-corrected chi connectivity index (χ4v) is 2.69. The number of benzene rings is 1. The van der Waals surface area contributed by atoms with Gasteiger partial charge < -0.3 is 10.6 Å². The summed E-state index contributed by atoms with van der Waals surface area (Å²) in [5.41, 5.74) is 1.74. The third kappa shape index (κ3) is 3.86. The van der Waals surface area contributed by atoms with E-state index in [1.54, 1.807) is 40.9 Å². The van der Waals surface area contributed by atoms with Gasteiger partial charge in [-0.05, 0) is 43.7 Å². The van der Waals surface area contributed by atoms with Crippen molar-refractivity contribution in [3.63, 3.8) is 0 Å². The summed E-state index contributed by atoms with van der Waals surface area (Å²) in [6.07, 6.45) is 1.71. The largest absolute Gasteiger partial charge is 0.348 e. The molecule has 6 nitrogen and oxygen atoms in total. The molecule has 0 bridgehead atoms. The van der Waals surface area contributed by atoms with Gasteiger partial charge in [0.15, 0.2) is 5.69 Å². The normalized spacial score (nSPS) is 10.9. The molecule has 0 unspecified atom stereocenters. The molecule has 0 saturated carbocycles. The molecule has 0 aliphatic rings. The van der Waals surface area contributed by atoms with Crippen molar-refractivity contribution in [1.29, 1.82) is 0 Å². The van der Waals surface area contributed by atoms with Gasteiger partial charge in [-0.3, -0.25) is 14.0 Å². The second-order valence-corrected chi connectivity index (χ2v) is 6.61. The fraction of sp³-hybridized carbons (Fsp3) is 0.211. The molecule has 0 saturated heterocycles. The Labute approximate surface area is 156 Å². The Hall–Kier alpha value is -2.86. The van der Waals surface area contributed by atoms with Gasteiger partial charge in [-0.1, -0.05) is 29.8 Å². The van der Waals surface area contributed by atoms with E-state index in [1.165, 1.54) is 0 Å². The first kappa shape index (κ1) is 17.9. The zero-order valence-corrected chi connectivity index (χ0v) is 15.2. The molecule has 3 aromatic rings. The fourth-order valence-electron chi connectivity index (χ4n) is 2.56. The van der Waals surface area contributed by atoms with Crippen molar-refractivity contribution in [2.45, 2.75) is 26.4 Å². The molecule has 0 aliphatic carbocycles. The number of halogens is 1. The van der Waals surface area contributed by atoms with Crippen molar-refractivity contribution in [3.8, 4) is 0 Å². The van der Waals surface area contributed by atoms with E-state index in [0.29, 0.717) is 17.1 Å². The van der Waals surface area contributed by atoms with Gasteiger partial charge in [0.1, 0.15) is 0 Å². The van der Waals surface area contributed by atoms with E-state index in [0.717, 1.165) is 5.56 Å². The monoisotopic (exact) mass is 370 g/mol. The molecule has 1 aromatic carbocycles. The third-order valence-electron chi connectivity index (χ3n) is 3.75. The summed E-state index contributed by atoms with van der Waals surface area (Å²) in [4.78, 5) is 29.3. The van der Waals surface area contributed by atoms with Crippen molar-refractivity contribution in [3.05, 3.63) is 70.8 Å². The van der Waals surface area contributed by atoms with Crippen molar-refractivity contribution in [1.82, 2.24) is 20.0 Å². The molecule has 0 aliphatic heterocycles. The van der Waals surface area contributed by atoms with Gasteiger partial charge >= 0.3 is 0 Å². The molecule has 2 N–H and O–H groups in total. The maximum atomic E-state index is 12.6. The Morgan fingerprint density at radius 2 is 1.85 bits per heavy atom. The number of amides is 2. The van der Waals surface area contributed by atoms with Crippen LogP contribution in [0.3, 0.4) is 0 Å². The first-order valence-corrected chi connectivity index (χ1v) is 8.64. The highest BCUT2D eigenvalue weighted by molar-refractivity contribution is 6.30. The van der Waals surface area contributed by atoms with Crippen molar-refractivity contribution in [2.24, 2.45) is 0 Å². The van der Waals surface area contributed by atoms with Crippen LogP contribution in [0.15, 0.2) is 48.7 Å². The van der Waals surface area contributed by atoms with E-state index in [9.17, 15) is 9.59 Å². The highest BCUT2D eigenvalue weighted by Crippen LogP contribution is 2.14. The lowest BCUT2D eigenvalue weighted by molar-refractivity contribution is 0.0939. The molecule has 3 rings (SSSR count). The number of imidazole rings is 1. The van der Waals surface area contributed by atoms with Crippen molar-refractivity contribution < 1.29 is 9.59 Å². The summed E-state index contributed by atoms with van der Waals surface area (Å²) < 4.78 is 1.62. The molecule has 0 atom stereocenters. The molecule has 2 amide bonds. The lowest BCUT2D eigenvalue weighted by Gasteiger charge is -2.06. The summed E-state index contributed by atoms with van der Waals surface area (Å²) in [6.45, 7) is 4.08. The van der Waals surface area contributed by atoms with E-state index in [2.05, 4.69) is 15.6 Å². The maximum absolute atomic E-state index is 12.6. The quantitative estimate of drug-likeness (QED) is 0.724. The Balaban J connectivity index is 1.85. The maximum Gasteiger partial charge on any atom is 0.287 e. The third-order valence-corrected chi connectivity index (χ3v) is 4.00. The van der Waals surface area contributed by atoms with Gasteiger partial charge in [0.25, 0.3) is 11.8 Å². The number of nitrogens with one attached hydrogen (secondary N) is 2. The lowest BCUT2D eigenvalue weighted by atomic mass is 10.2. The van der Waals surface area contributed by atoms with Gasteiger partial charge in [0.05, 0.1) is 5.52 Å². The summed E-state index contributed by atoms with van der Waals surface area (Å²) in [5.74, 6) is -0.492. The van der Waals surface area contributed by atoms with E-state index in [4.69, 9.17) is 11.6 Å². The van der Waals surface area contributed by atoms with Crippen molar-refractivity contribution >= 4 is 28.9 Å². The second kappa shape index (κ2) is 7.58. The molecule has 2 aromatic heterocycles. The molecule has 0 spiro atoms. The number of rotatable bonds is 5. The van der Waals surface area contributed by atoms with Crippen LogP contribution in [0.5, 0.6) is 0 Å². The first-order valence-electron chi connectivity index (χ1n) is 8.26. The van der Waals surface area contributed by atoms with Gasteiger partial charge in [0, 0.05) is 23.8 Å². The number of carbonyl (C=O) groups excluding carboxylic acids is 2. The second-order valence-electron chi connectivity index (χ2n) is 6.18. The number of nitrogens with zero attached hydrogens (tertiary/aromatic N) is 2. The topological polar surface area (TPSA) is 75.5 Å². The van der Waals surface area contributed by atoms with Crippen LogP contribution in [-0.2, 0) is 6.54 Å². The summed E-state index contributed by atoms with van der Waals surface area (Å²) in [5, 5.41) is 6.27. The number of carbonyl (C=O) groups is 2. The van der Waals surface area contributed by atoms with E-state index < -0.39 is 0 Å². The van der Waals surface area contributed by atoms with E-state index in [-0.39, 0.29) is 29.4 Å². The van der Waals surface area contributed by atoms with Crippen LogP contribution in [0.25, 0.3) is 5.52 Å². The zero-order chi connectivity index (χ0) is 18.7. The lowest BCUT2D eigenvalue weighted by Crippen LogP contribution is -2.30. The standard InChI is InChI=1S/C19H19ClN4O2/c1-12(2)22-18(25)16-15-5-3-4-10-24(15)17(23-16)19(26)21-11-13-6-8-14(20)9-7-13/h3-10,12H,11H2,1-2H3,(H,21,26)(H,22,25). The van der Waals surface area contributed by atoms with Crippen molar-refractivity contribution in [2.75, 3.05) is 0 Å². The molecule has 2 heterocycles. The molecule has 7 heteroatoms. The summed E-state index contributed by atoms with van der Waals surface area (Å²) >= 11 is 5.87. The van der Waals surface area contributed by atoms with E-state index >= 15 is 0 Å². The van der Waals surface area contributed by atoms with Crippen LogP contribution in [0, 0.1) is 0 Å². The summed E-state index contributed by atoms with van der Waals surface area (Å²) in [6, 6.07) is 12.5. The predicted molar refractivity (Wildman–Crippen MR) is 100 cm³/mol. The van der Waals surface area contributed by atoms with Crippen LogP contribution < -0.4 is 10.6 Å². The first-order chi connectivity index (χ1) is 12.5. The van der Waals surface area contributed by atoms with Crippen LogP contribution >= 0.6 is 11.6 Å². The molecule has 26 heavy (non-hydrogen) atoms. The van der Waals surface area contributed by atoms with Gasteiger partial charge in [-0.2, -0.15) is 0 Å². The molecule has 134 valence electrons. The SMILES string of the molecule is CC(C)NC(=O)c1nc(C(=O)NCc2ccc(Cl)cc2)n2ccccc12. The number of aromatic nitrogens is 2. The van der Waals surface area contributed by atoms with Gasteiger partial charge in [-0.15, -0.1) is 0 Å². The summed E-state index contributed by atoms with van der Waals surface area (Å²) in [7, 11) is 0. The number of hydrogen-bond donors (Lipinski definition) is 2. The highest BCUT2D eigenvalue weighted by atomic mass is 35.5. The smallest absolute Gasteiger partial charge is 0.287 e. The van der Waals surface area contributed by atoms with Crippen LogP contribution in [0.1, 0.15) is 40.5 Å². The van der Waals surface area contributed by atoms with Crippen LogP contribution in [0.4, 0.5) is 0 Å². The minimum atomic E-state index is -0.357.